The van der Waals surface area contributed by atoms with E-state index in [1.54, 1.807) is 39.9 Å². The molecule has 30 heavy (non-hydrogen) atoms. The predicted octanol–water partition coefficient (Wildman–Crippen LogP) is 0.953. The Labute approximate surface area is 179 Å². The van der Waals surface area contributed by atoms with Gasteiger partial charge in [-0.25, -0.2) is 13.4 Å². The topological polar surface area (TPSA) is 87.6 Å². The molecule has 7 nitrogen and oxygen atoms in total. The number of piperazine rings is 1. The second kappa shape index (κ2) is 7.88. The molecule has 2 aromatic heterocycles. The Kier molecular flexibility index (Phi) is 5.22. The third-order valence-electron chi connectivity index (χ3n) is 6.10. The van der Waals surface area contributed by atoms with Crippen LogP contribution < -0.4 is 10.5 Å². The van der Waals surface area contributed by atoms with Crippen LogP contribution >= 0.6 is 11.3 Å². The maximum absolute atomic E-state index is 12.8. The monoisotopic (exact) mass is 445 g/mol. The highest BCUT2D eigenvalue weighted by molar-refractivity contribution is 7.89. The van der Waals surface area contributed by atoms with Crippen molar-refractivity contribution in [2.45, 2.75) is 37.1 Å². The van der Waals surface area contributed by atoms with Gasteiger partial charge >= 0.3 is 0 Å². The van der Waals surface area contributed by atoms with Gasteiger partial charge in [0.2, 0.25) is 10.0 Å². The number of hydrogen-bond acceptors (Lipinski definition) is 5. The Hall–Kier alpha value is -2.07. The van der Waals surface area contributed by atoms with E-state index >= 15 is 0 Å². The number of nitrogens with one attached hydrogen (secondary N) is 2. The van der Waals surface area contributed by atoms with Gasteiger partial charge in [-0.2, -0.15) is 4.31 Å². The first-order valence-electron chi connectivity index (χ1n) is 10.4. The Morgan fingerprint density at radius 3 is 2.60 bits per heavy atom. The highest BCUT2D eigenvalue weighted by Crippen LogP contribution is 2.33. The summed E-state index contributed by atoms with van der Waals surface area (Å²) in [4.78, 5) is 24.2. The van der Waals surface area contributed by atoms with E-state index in [4.69, 9.17) is 4.98 Å². The molecule has 0 amide bonds. The summed E-state index contributed by atoms with van der Waals surface area (Å²) >= 11 is 1.66. The van der Waals surface area contributed by atoms with E-state index in [9.17, 15) is 13.2 Å². The summed E-state index contributed by atoms with van der Waals surface area (Å²) in [6.45, 7) is 2.91. The third kappa shape index (κ3) is 3.60. The van der Waals surface area contributed by atoms with Crippen molar-refractivity contribution in [1.29, 1.82) is 0 Å². The molecule has 2 aliphatic rings. The lowest BCUT2D eigenvalue weighted by atomic mass is 9.97. The fourth-order valence-corrected chi connectivity index (χ4v) is 7.23. The van der Waals surface area contributed by atoms with E-state index in [1.165, 1.54) is 21.8 Å². The van der Waals surface area contributed by atoms with Gasteiger partial charge in [0.1, 0.15) is 11.4 Å². The molecule has 1 aromatic carbocycles. The zero-order valence-electron chi connectivity index (χ0n) is 16.7. The fraction of sp³-hybridized carbons (Fsp3) is 0.429. The lowest BCUT2D eigenvalue weighted by Gasteiger charge is -2.31. The lowest BCUT2D eigenvalue weighted by Crippen LogP contribution is -3.13. The molecule has 9 heteroatoms. The number of aryl methyl sites for hydroxylation is 2. The average molecular weight is 446 g/mol. The molecule has 0 unspecified atom stereocenters. The number of benzene rings is 1. The van der Waals surface area contributed by atoms with Crippen molar-refractivity contribution in [2.75, 3.05) is 26.2 Å². The van der Waals surface area contributed by atoms with Gasteiger partial charge in [0.15, 0.2) is 5.82 Å². The molecule has 1 saturated heterocycles. The average Bonchev–Trinajstić information content (AvgIpc) is 3.13. The Balaban J connectivity index is 1.30. The van der Waals surface area contributed by atoms with Crippen LogP contribution in [0.5, 0.6) is 0 Å². The molecule has 0 atom stereocenters. The second-order valence-electron chi connectivity index (χ2n) is 8.05. The first-order valence-corrected chi connectivity index (χ1v) is 12.7. The van der Waals surface area contributed by atoms with Crippen molar-refractivity contribution >= 4 is 31.6 Å². The van der Waals surface area contributed by atoms with Gasteiger partial charge in [0.25, 0.3) is 5.56 Å². The van der Waals surface area contributed by atoms with Crippen molar-refractivity contribution in [3.8, 4) is 0 Å². The van der Waals surface area contributed by atoms with Crippen molar-refractivity contribution in [2.24, 2.45) is 0 Å². The first-order chi connectivity index (χ1) is 14.5. The zero-order chi connectivity index (χ0) is 20.7. The van der Waals surface area contributed by atoms with Crippen molar-refractivity contribution in [1.82, 2.24) is 14.3 Å². The Morgan fingerprint density at radius 1 is 1.10 bits per heavy atom. The smallest absolute Gasteiger partial charge is 0.260 e. The Morgan fingerprint density at radius 2 is 1.83 bits per heavy atom. The van der Waals surface area contributed by atoms with Gasteiger partial charge in [-0.15, -0.1) is 11.3 Å². The first kappa shape index (κ1) is 19.9. The summed E-state index contributed by atoms with van der Waals surface area (Å²) in [7, 11) is -3.45. The number of fused-ring (bicyclic) bond motifs is 3. The number of quaternary nitrogens is 1. The van der Waals surface area contributed by atoms with Crippen LogP contribution in [0.2, 0.25) is 0 Å². The maximum Gasteiger partial charge on any atom is 0.260 e. The number of hydrogen-bond donors (Lipinski definition) is 2. The second-order valence-corrected chi connectivity index (χ2v) is 11.1. The van der Waals surface area contributed by atoms with Crippen LogP contribution in [0.15, 0.2) is 40.0 Å². The van der Waals surface area contributed by atoms with Crippen LogP contribution in [-0.4, -0.2) is 48.9 Å². The summed E-state index contributed by atoms with van der Waals surface area (Å²) in [6, 6.07) is 8.58. The zero-order valence-corrected chi connectivity index (χ0v) is 18.3. The number of aromatic amines is 1. The summed E-state index contributed by atoms with van der Waals surface area (Å²) in [6.07, 6.45) is 4.35. The standard InChI is InChI=1S/C21H24N4O3S2/c26-20-19-16-8-4-5-9-17(16)29-21(19)23-18(22-20)14-24-10-12-25(13-11-24)30(27,28)15-6-2-1-3-7-15/h1-3,6-7H,4-5,8-14H2,(H,22,23,26)/p+1. The number of aromatic nitrogens is 2. The maximum atomic E-state index is 12.8. The molecular formula is C21H25N4O3S2+. The van der Waals surface area contributed by atoms with Crippen LogP contribution in [0.4, 0.5) is 0 Å². The third-order valence-corrected chi connectivity index (χ3v) is 9.20. The van der Waals surface area contributed by atoms with Crippen molar-refractivity contribution in [3.63, 3.8) is 0 Å². The van der Waals surface area contributed by atoms with E-state index in [2.05, 4.69) is 4.98 Å². The minimum absolute atomic E-state index is 0.0286. The van der Waals surface area contributed by atoms with Gasteiger partial charge in [0.05, 0.1) is 36.5 Å². The molecule has 3 heterocycles. The van der Waals surface area contributed by atoms with Gasteiger partial charge in [-0.3, -0.25) is 4.79 Å². The lowest BCUT2D eigenvalue weighted by molar-refractivity contribution is -0.917. The van der Waals surface area contributed by atoms with Crippen molar-refractivity contribution in [3.05, 3.63) is 57.0 Å². The van der Waals surface area contributed by atoms with E-state index in [1.807, 2.05) is 6.07 Å². The van der Waals surface area contributed by atoms with Gasteiger partial charge < -0.3 is 9.88 Å². The number of nitrogens with zero attached hydrogens (tertiary/aromatic N) is 2. The van der Waals surface area contributed by atoms with Gasteiger partial charge in [-0.05, 0) is 43.4 Å². The number of H-pyrrole nitrogens is 1. The molecule has 5 rings (SSSR count). The minimum Gasteiger partial charge on any atom is -0.326 e. The normalized spacial score (nSPS) is 18.5. The Bertz CT molecular complexity index is 1230. The highest BCUT2D eigenvalue weighted by Gasteiger charge is 2.30. The molecule has 1 aliphatic carbocycles. The van der Waals surface area contributed by atoms with Crippen LogP contribution in [0.25, 0.3) is 10.2 Å². The van der Waals surface area contributed by atoms with Crippen LogP contribution in [0.1, 0.15) is 29.1 Å². The summed E-state index contributed by atoms with van der Waals surface area (Å²) < 4.78 is 27.1. The predicted molar refractivity (Wildman–Crippen MR) is 116 cm³/mol. The van der Waals surface area contributed by atoms with Crippen LogP contribution in [-0.2, 0) is 29.4 Å². The molecule has 0 bridgehead atoms. The highest BCUT2D eigenvalue weighted by atomic mass is 32.2. The van der Waals surface area contributed by atoms with Crippen LogP contribution in [0, 0.1) is 0 Å². The number of thiophene rings is 1. The largest absolute Gasteiger partial charge is 0.326 e. The van der Waals surface area contributed by atoms with E-state index in [0.717, 1.165) is 29.5 Å². The van der Waals surface area contributed by atoms with Crippen molar-refractivity contribution < 1.29 is 13.3 Å². The SMILES string of the molecule is O=c1[nH]c(C[NH+]2CCN(S(=O)(=O)c3ccccc3)CC2)nc2sc3c(c12)CCCC3. The molecular weight excluding hydrogens is 420 g/mol. The molecule has 1 fully saturated rings. The van der Waals surface area contributed by atoms with Gasteiger partial charge in [-0.1, -0.05) is 18.2 Å². The molecule has 0 spiro atoms. The van der Waals surface area contributed by atoms with Gasteiger partial charge in [0, 0.05) is 4.88 Å². The minimum atomic E-state index is -3.45. The molecule has 158 valence electrons. The van der Waals surface area contributed by atoms with E-state index < -0.39 is 10.0 Å². The van der Waals surface area contributed by atoms with E-state index in [0.29, 0.717) is 43.4 Å². The molecule has 0 saturated carbocycles. The molecule has 3 aromatic rings. The fourth-order valence-electron chi connectivity index (χ4n) is 4.49. The quantitative estimate of drug-likeness (QED) is 0.626. The molecule has 1 aliphatic heterocycles. The van der Waals surface area contributed by atoms with E-state index in [-0.39, 0.29) is 5.56 Å². The molecule has 0 radical (unpaired) electrons. The number of rotatable bonds is 4. The van der Waals surface area contributed by atoms with Crippen LogP contribution in [0.3, 0.4) is 0 Å². The summed E-state index contributed by atoms with van der Waals surface area (Å²) in [5.74, 6) is 0.695. The molecule has 2 N–H and O–H groups in total. The number of sulfonamides is 1. The summed E-state index contributed by atoms with van der Waals surface area (Å²) in [5, 5.41) is 0.784. The summed E-state index contributed by atoms with van der Waals surface area (Å²) in [5.41, 5.74) is 1.17.